The summed E-state index contributed by atoms with van der Waals surface area (Å²) in [7, 11) is 0. The van der Waals surface area contributed by atoms with Crippen LogP contribution < -0.4 is 0 Å². The van der Waals surface area contributed by atoms with Gasteiger partial charge in [0.15, 0.2) is 0 Å². The summed E-state index contributed by atoms with van der Waals surface area (Å²) in [4.78, 5) is 30.4. The molecular formula is C106H67N9. The van der Waals surface area contributed by atoms with Crippen molar-refractivity contribution in [2.45, 2.75) is 0 Å². The molecule has 24 rings (SSSR count). The Morgan fingerprint density at radius 3 is 0.922 bits per heavy atom. The summed E-state index contributed by atoms with van der Waals surface area (Å²) in [6.45, 7) is 0. The summed E-state index contributed by atoms with van der Waals surface area (Å²) in [6.07, 6.45) is 1.91. The van der Waals surface area contributed by atoms with Gasteiger partial charge in [-0.25, -0.2) is 29.9 Å². The van der Waals surface area contributed by atoms with Crippen molar-refractivity contribution in [2.75, 3.05) is 0 Å². The van der Waals surface area contributed by atoms with E-state index in [0.29, 0.717) is 17.8 Å². The molecular weight excluding hydrogens is 1400 g/mol. The highest BCUT2D eigenvalue weighted by molar-refractivity contribution is 6.24. The molecule has 18 aromatic carbocycles. The smallest absolute Gasteiger partial charge is 0.235 e. The Morgan fingerprint density at radius 2 is 0.478 bits per heavy atom. The van der Waals surface area contributed by atoms with E-state index >= 15 is 0 Å². The van der Waals surface area contributed by atoms with E-state index in [9.17, 15) is 0 Å². The molecule has 9 heteroatoms. The summed E-state index contributed by atoms with van der Waals surface area (Å²) < 4.78 is 6.63. The molecule has 24 aromatic rings. The van der Waals surface area contributed by atoms with E-state index in [1.807, 2.05) is 54.7 Å². The molecule has 0 atom stereocenters. The molecule has 0 unspecified atom stereocenters. The van der Waals surface area contributed by atoms with E-state index in [2.05, 4.69) is 366 Å². The Balaban J connectivity index is 0.000000106. The highest BCUT2D eigenvalue weighted by atomic mass is 15.2. The van der Waals surface area contributed by atoms with Crippen LogP contribution in [0.2, 0.25) is 0 Å². The fourth-order valence-corrected chi connectivity index (χ4v) is 17.2. The minimum Gasteiger partial charge on any atom is -0.278 e. The van der Waals surface area contributed by atoms with E-state index in [-0.39, 0.29) is 0 Å². The predicted molar refractivity (Wildman–Crippen MR) is 479 cm³/mol. The second kappa shape index (κ2) is 27.8. The third-order valence-corrected chi connectivity index (χ3v) is 22.6. The third kappa shape index (κ3) is 11.6. The highest BCUT2D eigenvalue weighted by Gasteiger charge is 2.23. The van der Waals surface area contributed by atoms with Crippen LogP contribution in [0, 0.1) is 0 Å². The lowest BCUT2D eigenvalue weighted by molar-refractivity contribution is 1.01. The van der Waals surface area contributed by atoms with Crippen LogP contribution in [0.3, 0.4) is 0 Å². The Kier molecular flexibility index (Phi) is 16.0. The number of hydrogen-bond acceptors (Lipinski definition) is 6. The first-order chi connectivity index (χ1) is 57.0. The van der Waals surface area contributed by atoms with Crippen LogP contribution in [0.25, 0.3) is 215 Å². The zero-order valence-corrected chi connectivity index (χ0v) is 62.2. The highest BCUT2D eigenvalue weighted by Crippen LogP contribution is 2.43. The number of hydrogen-bond donors (Lipinski definition) is 0. The predicted octanol–water partition coefficient (Wildman–Crippen LogP) is 27.1. The van der Waals surface area contributed by atoms with E-state index in [4.69, 9.17) is 29.9 Å². The maximum Gasteiger partial charge on any atom is 0.235 e. The molecule has 6 aromatic heterocycles. The van der Waals surface area contributed by atoms with E-state index < -0.39 is 0 Å². The molecule has 0 bridgehead atoms. The summed E-state index contributed by atoms with van der Waals surface area (Å²) >= 11 is 0. The van der Waals surface area contributed by atoms with Crippen molar-refractivity contribution < 1.29 is 0 Å². The van der Waals surface area contributed by atoms with Crippen molar-refractivity contribution in [3.8, 4) is 73.7 Å². The molecule has 0 amide bonds. The van der Waals surface area contributed by atoms with Crippen LogP contribution in [0.15, 0.2) is 407 Å². The number of fused-ring (bicyclic) bond motifs is 19. The van der Waals surface area contributed by atoms with Crippen LogP contribution in [-0.4, -0.2) is 43.6 Å². The molecule has 0 aliphatic heterocycles. The van der Waals surface area contributed by atoms with Gasteiger partial charge in [0.05, 0.1) is 61.0 Å². The van der Waals surface area contributed by atoms with Gasteiger partial charge in [0.1, 0.15) is 0 Å². The van der Waals surface area contributed by atoms with Gasteiger partial charge in [0.25, 0.3) is 0 Å². The zero-order valence-electron chi connectivity index (χ0n) is 62.2. The van der Waals surface area contributed by atoms with Gasteiger partial charge in [0, 0.05) is 65.8 Å². The van der Waals surface area contributed by atoms with E-state index in [0.717, 1.165) is 88.3 Å². The van der Waals surface area contributed by atoms with Gasteiger partial charge in [-0.2, -0.15) is 0 Å². The molecule has 0 saturated carbocycles. The molecule has 0 saturated heterocycles. The van der Waals surface area contributed by atoms with Gasteiger partial charge in [-0.05, 0) is 155 Å². The number of aromatic nitrogens is 9. The Bertz CT molecular complexity index is 7970. The van der Waals surface area contributed by atoms with E-state index in [1.165, 1.54) is 109 Å². The summed E-state index contributed by atoms with van der Waals surface area (Å²) in [5.41, 5.74) is 20.8. The van der Waals surface area contributed by atoms with Gasteiger partial charge < -0.3 is 0 Å². The first-order valence-corrected chi connectivity index (χ1v) is 38.9. The molecule has 9 nitrogen and oxygen atoms in total. The molecule has 115 heavy (non-hydrogen) atoms. The molecule has 6 heterocycles. The average molecular weight is 1470 g/mol. The third-order valence-electron chi connectivity index (χ3n) is 22.6. The summed E-state index contributed by atoms with van der Waals surface area (Å²) in [5.74, 6) is 2.05. The monoisotopic (exact) mass is 1470 g/mol. The molecule has 0 N–H and O–H groups in total. The average Bonchev–Trinajstić information content (AvgIpc) is 1.59. The summed E-state index contributed by atoms with van der Waals surface area (Å²) in [5, 5.41) is 20.2. The van der Waals surface area contributed by atoms with Crippen LogP contribution in [0.1, 0.15) is 0 Å². The molecule has 0 aliphatic carbocycles. The number of benzene rings is 18. The van der Waals surface area contributed by atoms with Crippen molar-refractivity contribution in [3.05, 3.63) is 407 Å². The quantitative estimate of drug-likeness (QED) is 0.150. The molecule has 0 fully saturated rings. The molecule has 0 radical (unpaired) electrons. The minimum absolute atomic E-state index is 0.674. The van der Waals surface area contributed by atoms with Crippen LogP contribution in [0.5, 0.6) is 0 Å². The maximum atomic E-state index is 5.31. The van der Waals surface area contributed by atoms with Crippen LogP contribution in [-0.2, 0) is 0 Å². The van der Waals surface area contributed by atoms with Crippen molar-refractivity contribution in [1.29, 1.82) is 0 Å². The van der Waals surface area contributed by atoms with Gasteiger partial charge >= 0.3 is 0 Å². The first-order valence-electron chi connectivity index (χ1n) is 38.9. The first kappa shape index (κ1) is 66.4. The molecule has 536 valence electrons. The topological polar surface area (TPSA) is 92.1 Å². The van der Waals surface area contributed by atoms with Crippen molar-refractivity contribution in [3.63, 3.8) is 0 Å². The second-order valence-corrected chi connectivity index (χ2v) is 29.3. The lowest BCUT2D eigenvalue weighted by Gasteiger charge is -2.12. The summed E-state index contributed by atoms with van der Waals surface area (Å²) in [6, 6.07) is 141. The largest absolute Gasteiger partial charge is 0.278 e. The maximum absolute atomic E-state index is 5.31. The van der Waals surface area contributed by atoms with Gasteiger partial charge in [-0.3, -0.25) is 13.7 Å². The van der Waals surface area contributed by atoms with Crippen LogP contribution >= 0.6 is 0 Å². The minimum atomic E-state index is 0.674. The van der Waals surface area contributed by atoms with Crippen molar-refractivity contribution >= 4 is 141 Å². The van der Waals surface area contributed by atoms with Crippen molar-refractivity contribution in [1.82, 2.24) is 43.6 Å². The fourth-order valence-electron chi connectivity index (χ4n) is 17.2. The van der Waals surface area contributed by atoms with Gasteiger partial charge in [-0.1, -0.05) is 322 Å². The Labute approximate surface area is 660 Å². The normalized spacial score (nSPS) is 11.7. The van der Waals surface area contributed by atoms with Crippen molar-refractivity contribution in [2.24, 2.45) is 0 Å². The van der Waals surface area contributed by atoms with Gasteiger partial charge in [0.2, 0.25) is 17.8 Å². The van der Waals surface area contributed by atoms with Gasteiger partial charge in [-0.15, -0.1) is 0 Å². The Morgan fingerprint density at radius 1 is 0.165 bits per heavy atom. The number of rotatable bonds is 8. The number of nitrogens with zero attached hydrogens (tertiary/aromatic N) is 9. The lowest BCUT2D eigenvalue weighted by atomic mass is 9.98. The van der Waals surface area contributed by atoms with E-state index in [1.54, 1.807) is 0 Å². The fraction of sp³-hybridized carbons (Fsp3) is 0. The standard InChI is InChI=1S/C40H25N3.C36H23N3.C30H19N3/c1-2-10-26(11-3-1)29-20-22-32-30(24-29)21-23-37-38(32)34-15-7-9-17-36(34)43(37)40-41-35-16-8-6-14-33(35)39(42-40)31-19-18-27-12-4-5-13-28(27)25-31;1-3-11-24(12-4-1)26-19-21-28-27(23-26)20-22-33-34(28)30-16-8-10-18-32(30)39(33)36-37-31-17-9-7-15-29(31)35(38-36)25-13-5-2-6-14-25;1-2-8-20(9-3-1)21-14-16-24-22(18-21)15-17-28-29(24)25-11-5-7-13-27(25)33(28)30-31-19-23-10-4-6-12-26(23)32-30/h1-25H;1-23H;1-19H. The SMILES string of the molecule is c1ccc(-c2ccc3c(ccc4c3c3ccccc3n4-c3nc(-c4ccc5ccccc5c4)c4ccccc4n3)c2)cc1.c1ccc(-c2ccc3c(ccc4c3c3ccccc3n4-c3nc(-c4ccccc4)c4ccccc4n3)c2)cc1.c1ccc(-c2ccc3c(ccc4c3c3ccccc3n4-c3ncc4ccccc4n3)c2)cc1. The number of para-hydroxylation sites is 6. The molecule has 0 spiro atoms. The lowest BCUT2D eigenvalue weighted by Crippen LogP contribution is -2.03. The van der Waals surface area contributed by atoms with Crippen LogP contribution in [0.4, 0.5) is 0 Å². The second-order valence-electron chi connectivity index (χ2n) is 29.3. The molecule has 0 aliphatic rings. The Hall–Kier alpha value is -15.6. The zero-order chi connectivity index (χ0) is 75.9.